The van der Waals surface area contributed by atoms with Gasteiger partial charge < -0.3 is 0 Å². The molecule has 0 rings (SSSR count). The van der Waals surface area contributed by atoms with Gasteiger partial charge in [0.25, 0.3) is 0 Å². The van der Waals surface area contributed by atoms with Crippen molar-refractivity contribution in [3.8, 4) is 0 Å². The van der Waals surface area contributed by atoms with Gasteiger partial charge in [0, 0.05) is 12.5 Å². The van der Waals surface area contributed by atoms with E-state index in [1.165, 1.54) is 6.92 Å². The van der Waals surface area contributed by atoms with Gasteiger partial charge in [0.15, 0.2) is 0 Å². The van der Waals surface area contributed by atoms with Gasteiger partial charge in [-0.2, -0.15) is 0 Å². The molecule has 0 spiro atoms. The zero-order valence-corrected chi connectivity index (χ0v) is 13.5. The Morgan fingerprint density at radius 2 is 1.78 bits per heavy atom. The molecule has 0 nitrogen and oxygen atoms in total. The summed E-state index contributed by atoms with van der Waals surface area (Å²) in [6.45, 7) is 3.47. The van der Waals surface area contributed by atoms with Crippen molar-refractivity contribution in [2.45, 2.75) is 63.6 Å². The van der Waals surface area contributed by atoms with Crippen LogP contribution in [-0.2, 0) is 0 Å². The van der Waals surface area contributed by atoms with E-state index < -0.39 is 36.1 Å². The second kappa shape index (κ2) is 8.29. The Hall–Kier alpha value is 0.0838. The zero-order chi connectivity index (χ0) is 14.2. The topological polar surface area (TPSA) is 0 Å². The van der Waals surface area contributed by atoms with E-state index in [4.69, 9.17) is 0 Å². The maximum atomic E-state index is 13.4. The minimum absolute atomic E-state index is 0.0739. The van der Waals surface area contributed by atoms with Crippen LogP contribution in [0.5, 0.6) is 0 Å². The average Bonchev–Trinajstić information content (AvgIpc) is 2.14. The first-order valence-corrected chi connectivity index (χ1v) is 10.2. The van der Waals surface area contributed by atoms with E-state index in [1.54, 1.807) is 0 Å². The SMILES string of the molecule is CCCCCC(F)(F)[SiH2]CCC(C)C[Si](F)(F)F. The van der Waals surface area contributed by atoms with E-state index >= 15 is 0 Å². The van der Waals surface area contributed by atoms with Gasteiger partial charge >= 0.3 is 9.08 Å². The molecule has 0 N–H and O–H groups in total. The summed E-state index contributed by atoms with van der Waals surface area (Å²) < 4.78 is 63.3. The van der Waals surface area contributed by atoms with Crippen molar-refractivity contribution in [3.05, 3.63) is 0 Å². The Morgan fingerprint density at radius 3 is 2.28 bits per heavy atom. The molecule has 1 unspecified atom stereocenters. The third kappa shape index (κ3) is 11.2. The molecule has 7 heteroatoms. The lowest BCUT2D eigenvalue weighted by Gasteiger charge is -2.17. The average molecular weight is 306 g/mol. The normalized spacial score (nSPS) is 15.5. The standard InChI is InChI=1S/C11H23F5Si2/c1-3-4-5-7-11(12,13)17-8-6-10(2)9-18(14,15)16/h10H,3-9,17H2,1-2H3. The Labute approximate surface area is 110 Å². The molecule has 1 atom stereocenters. The van der Waals surface area contributed by atoms with E-state index in [-0.39, 0.29) is 6.42 Å². The van der Waals surface area contributed by atoms with Crippen LogP contribution in [0.25, 0.3) is 0 Å². The zero-order valence-electron chi connectivity index (χ0n) is 11.1. The quantitative estimate of drug-likeness (QED) is 0.239. The predicted molar refractivity (Wildman–Crippen MR) is 70.1 cm³/mol. The summed E-state index contributed by atoms with van der Waals surface area (Å²) >= 11 is 0. The molecular formula is C11H23F5Si2. The minimum Gasteiger partial charge on any atom is -0.238 e. The van der Waals surface area contributed by atoms with Gasteiger partial charge in [-0.1, -0.05) is 39.2 Å². The molecule has 0 aromatic heterocycles. The fourth-order valence-electron chi connectivity index (χ4n) is 1.96. The fraction of sp³-hybridized carbons (Fsp3) is 1.00. The fourth-order valence-corrected chi connectivity index (χ4v) is 4.88. The lowest BCUT2D eigenvalue weighted by Crippen LogP contribution is -2.26. The molecule has 0 aliphatic rings. The monoisotopic (exact) mass is 306 g/mol. The summed E-state index contributed by atoms with van der Waals surface area (Å²) in [5.74, 6) is -0.476. The number of alkyl halides is 2. The lowest BCUT2D eigenvalue weighted by atomic mass is 10.2. The molecule has 0 fully saturated rings. The van der Waals surface area contributed by atoms with Crippen LogP contribution in [0.15, 0.2) is 0 Å². The Bertz CT molecular complexity index is 218. The third-order valence-corrected chi connectivity index (χ3v) is 5.97. The molecule has 18 heavy (non-hydrogen) atoms. The van der Waals surface area contributed by atoms with E-state index in [0.29, 0.717) is 18.9 Å². The second-order valence-electron chi connectivity index (χ2n) is 5.13. The first-order valence-electron chi connectivity index (χ1n) is 6.61. The molecule has 0 saturated heterocycles. The van der Waals surface area contributed by atoms with Crippen molar-refractivity contribution in [3.63, 3.8) is 0 Å². The first-order chi connectivity index (χ1) is 8.16. The highest BCUT2D eigenvalue weighted by Crippen LogP contribution is 2.26. The number of halogens is 5. The van der Waals surface area contributed by atoms with E-state index in [2.05, 4.69) is 0 Å². The van der Waals surface area contributed by atoms with Crippen LogP contribution in [-0.4, -0.2) is 24.1 Å². The Morgan fingerprint density at radius 1 is 1.17 bits per heavy atom. The van der Waals surface area contributed by atoms with Crippen molar-refractivity contribution < 1.29 is 21.1 Å². The summed E-state index contributed by atoms with van der Waals surface area (Å²) in [7, 11) is -7.08. The molecule has 0 radical (unpaired) electrons. The van der Waals surface area contributed by atoms with E-state index in [1.807, 2.05) is 6.92 Å². The molecule has 0 heterocycles. The van der Waals surface area contributed by atoms with Gasteiger partial charge in [0.05, 0.1) is 0 Å². The highest BCUT2D eigenvalue weighted by molar-refractivity contribution is 6.58. The summed E-state index contributed by atoms with van der Waals surface area (Å²) in [4.78, 5) is 0. The summed E-state index contributed by atoms with van der Waals surface area (Å²) in [6.07, 6.45) is 2.48. The van der Waals surface area contributed by atoms with E-state index in [9.17, 15) is 21.1 Å². The lowest BCUT2D eigenvalue weighted by molar-refractivity contribution is 0.0770. The van der Waals surface area contributed by atoms with Crippen molar-refractivity contribution in [1.82, 2.24) is 0 Å². The molecule has 0 amide bonds. The second-order valence-corrected chi connectivity index (χ2v) is 9.01. The van der Waals surface area contributed by atoms with Gasteiger partial charge in [0.1, 0.15) is 9.52 Å². The molecule has 0 bridgehead atoms. The smallest absolute Gasteiger partial charge is 0.238 e. The maximum Gasteiger partial charge on any atom is 0.616 e. The predicted octanol–water partition coefficient (Wildman–Crippen LogP) is 4.62. The maximum absolute atomic E-state index is 13.4. The summed E-state index contributed by atoms with van der Waals surface area (Å²) in [5, 5.41) is 0. The van der Waals surface area contributed by atoms with Crippen molar-refractivity contribution >= 4 is 18.6 Å². The first kappa shape index (κ1) is 18.1. The van der Waals surface area contributed by atoms with Gasteiger partial charge in [-0.3, -0.25) is 0 Å². The van der Waals surface area contributed by atoms with Gasteiger partial charge in [-0.25, -0.2) is 21.1 Å². The highest BCUT2D eigenvalue weighted by Gasteiger charge is 2.38. The Balaban J connectivity index is 3.74. The number of hydrogen-bond acceptors (Lipinski definition) is 0. The van der Waals surface area contributed by atoms with Crippen molar-refractivity contribution in [2.75, 3.05) is 0 Å². The molecule has 0 aliphatic carbocycles. The number of hydrogen-bond donors (Lipinski definition) is 0. The molecule has 0 saturated carbocycles. The van der Waals surface area contributed by atoms with Crippen LogP contribution >= 0.6 is 0 Å². The van der Waals surface area contributed by atoms with Crippen LogP contribution in [0.4, 0.5) is 21.1 Å². The summed E-state index contributed by atoms with van der Waals surface area (Å²) in [6, 6.07) is -0.395. The molecule has 110 valence electrons. The number of unbranched alkanes of at least 4 members (excludes halogenated alkanes) is 2. The third-order valence-electron chi connectivity index (χ3n) is 2.97. The highest BCUT2D eigenvalue weighted by atomic mass is 28.5. The van der Waals surface area contributed by atoms with Crippen LogP contribution in [0.2, 0.25) is 12.1 Å². The molecule has 0 aromatic carbocycles. The minimum atomic E-state index is -5.51. The van der Waals surface area contributed by atoms with Crippen LogP contribution in [0.1, 0.15) is 46.0 Å². The molecule has 0 aromatic rings. The summed E-state index contributed by atoms with van der Waals surface area (Å²) in [5.41, 5.74) is -2.56. The van der Waals surface area contributed by atoms with Gasteiger partial charge in [-0.15, -0.1) is 0 Å². The number of rotatable bonds is 10. The van der Waals surface area contributed by atoms with Crippen LogP contribution < -0.4 is 0 Å². The molecule has 0 aliphatic heterocycles. The molecular weight excluding hydrogens is 283 g/mol. The Kier molecular flexibility index (Phi) is 8.33. The van der Waals surface area contributed by atoms with Crippen LogP contribution in [0, 0.1) is 5.92 Å². The van der Waals surface area contributed by atoms with Gasteiger partial charge in [-0.05, 0) is 12.3 Å². The van der Waals surface area contributed by atoms with E-state index in [0.717, 1.165) is 12.8 Å². The van der Waals surface area contributed by atoms with Crippen molar-refractivity contribution in [2.24, 2.45) is 5.92 Å². The largest absolute Gasteiger partial charge is 0.616 e. The van der Waals surface area contributed by atoms with Crippen molar-refractivity contribution in [1.29, 1.82) is 0 Å². The van der Waals surface area contributed by atoms with Crippen LogP contribution in [0.3, 0.4) is 0 Å². The van der Waals surface area contributed by atoms with Gasteiger partial charge in [0.2, 0.25) is 5.55 Å².